The molecule has 0 radical (unpaired) electrons. The lowest BCUT2D eigenvalue weighted by molar-refractivity contribution is 0.377. The van der Waals surface area contributed by atoms with Gasteiger partial charge >= 0.3 is 0 Å². The van der Waals surface area contributed by atoms with Crippen LogP contribution in [0.15, 0.2) is 27.9 Å². The lowest BCUT2D eigenvalue weighted by Crippen LogP contribution is -2.49. The molecule has 0 spiro atoms. The van der Waals surface area contributed by atoms with Gasteiger partial charge in [-0.3, -0.25) is 0 Å². The number of piperazine rings is 1. The Kier molecular flexibility index (Phi) is 3.83. The summed E-state index contributed by atoms with van der Waals surface area (Å²) in [5.74, 6) is 0.947. The van der Waals surface area contributed by atoms with Crippen molar-refractivity contribution >= 4 is 16.0 Å². The molecule has 3 rings (SSSR count). The van der Waals surface area contributed by atoms with Gasteiger partial charge in [-0.2, -0.15) is 4.31 Å². The summed E-state index contributed by atoms with van der Waals surface area (Å²) in [5, 5.41) is 3.73. The molecule has 3 heterocycles. The van der Waals surface area contributed by atoms with Gasteiger partial charge in [-0.25, -0.2) is 18.4 Å². The van der Waals surface area contributed by atoms with Crippen LogP contribution in [0.25, 0.3) is 0 Å². The molecule has 1 aliphatic heterocycles. The maximum absolute atomic E-state index is 12.7. The molecule has 0 saturated carbocycles. The van der Waals surface area contributed by atoms with Crippen molar-refractivity contribution in [3.05, 3.63) is 29.9 Å². The van der Waals surface area contributed by atoms with Crippen molar-refractivity contribution < 1.29 is 12.9 Å². The number of anilines is 1. The van der Waals surface area contributed by atoms with Gasteiger partial charge in [-0.1, -0.05) is 5.16 Å². The third-order valence-corrected chi connectivity index (χ3v) is 5.78. The molecule has 0 bridgehead atoms. The Hall–Kier alpha value is -2.00. The molecule has 22 heavy (non-hydrogen) atoms. The van der Waals surface area contributed by atoms with E-state index in [2.05, 4.69) is 15.1 Å². The number of sulfonamides is 1. The molecule has 0 aromatic carbocycles. The lowest BCUT2D eigenvalue weighted by Gasteiger charge is -2.33. The van der Waals surface area contributed by atoms with E-state index >= 15 is 0 Å². The van der Waals surface area contributed by atoms with E-state index < -0.39 is 10.0 Å². The standard InChI is InChI=1S/C13H17N5O3S/c1-10-12(11(2)21-16-10)22(19,20)18-8-6-17(7-9-18)13-14-4-3-5-15-13/h3-5H,6-9H2,1-2H3. The number of hydrogen-bond acceptors (Lipinski definition) is 7. The molecule has 8 nitrogen and oxygen atoms in total. The van der Waals surface area contributed by atoms with Crippen molar-refractivity contribution in [3.8, 4) is 0 Å². The van der Waals surface area contributed by atoms with Gasteiger partial charge in [-0.15, -0.1) is 0 Å². The van der Waals surface area contributed by atoms with Gasteiger partial charge in [0.25, 0.3) is 0 Å². The largest absolute Gasteiger partial charge is 0.360 e. The summed E-state index contributed by atoms with van der Waals surface area (Å²) >= 11 is 0. The van der Waals surface area contributed by atoms with Crippen molar-refractivity contribution in [1.29, 1.82) is 0 Å². The summed E-state index contributed by atoms with van der Waals surface area (Å²) in [6.07, 6.45) is 3.35. The average molecular weight is 323 g/mol. The minimum atomic E-state index is -3.58. The topological polar surface area (TPSA) is 92.4 Å². The highest BCUT2D eigenvalue weighted by atomic mass is 32.2. The van der Waals surface area contributed by atoms with Crippen LogP contribution in [0.5, 0.6) is 0 Å². The van der Waals surface area contributed by atoms with Crippen LogP contribution in [0, 0.1) is 13.8 Å². The van der Waals surface area contributed by atoms with Crippen LogP contribution < -0.4 is 4.90 Å². The van der Waals surface area contributed by atoms with E-state index in [4.69, 9.17) is 4.52 Å². The molecule has 9 heteroatoms. The number of aromatic nitrogens is 3. The molecule has 0 amide bonds. The maximum Gasteiger partial charge on any atom is 0.248 e. The van der Waals surface area contributed by atoms with E-state index in [0.717, 1.165) is 0 Å². The number of hydrogen-bond donors (Lipinski definition) is 0. The van der Waals surface area contributed by atoms with E-state index in [1.807, 2.05) is 4.90 Å². The van der Waals surface area contributed by atoms with Crippen LogP contribution >= 0.6 is 0 Å². The number of rotatable bonds is 3. The Morgan fingerprint density at radius 3 is 2.27 bits per heavy atom. The fraction of sp³-hybridized carbons (Fsp3) is 0.462. The highest BCUT2D eigenvalue weighted by molar-refractivity contribution is 7.89. The zero-order chi connectivity index (χ0) is 15.7. The summed E-state index contributed by atoms with van der Waals surface area (Å²) in [7, 11) is -3.58. The Morgan fingerprint density at radius 2 is 1.73 bits per heavy atom. The molecule has 0 N–H and O–H groups in total. The second kappa shape index (κ2) is 5.65. The zero-order valence-electron chi connectivity index (χ0n) is 12.4. The smallest absolute Gasteiger partial charge is 0.248 e. The Morgan fingerprint density at radius 1 is 1.09 bits per heavy atom. The Bertz CT molecular complexity index is 732. The van der Waals surface area contributed by atoms with Gasteiger partial charge in [0, 0.05) is 38.6 Å². The van der Waals surface area contributed by atoms with Gasteiger partial charge in [0.15, 0.2) is 5.76 Å². The quantitative estimate of drug-likeness (QED) is 0.816. The van der Waals surface area contributed by atoms with Crippen LogP contribution in [-0.4, -0.2) is 54.0 Å². The summed E-state index contributed by atoms with van der Waals surface area (Å²) in [6.45, 7) is 5.10. The third kappa shape index (κ3) is 2.57. The van der Waals surface area contributed by atoms with Crippen LogP contribution in [0.3, 0.4) is 0 Å². The van der Waals surface area contributed by atoms with Gasteiger partial charge in [0.2, 0.25) is 16.0 Å². The number of nitrogens with zero attached hydrogens (tertiary/aromatic N) is 5. The predicted molar refractivity (Wildman–Crippen MR) is 79.0 cm³/mol. The Balaban J connectivity index is 1.76. The highest BCUT2D eigenvalue weighted by Gasteiger charge is 2.33. The van der Waals surface area contributed by atoms with Gasteiger partial charge in [0.05, 0.1) is 0 Å². The van der Waals surface area contributed by atoms with Gasteiger partial charge < -0.3 is 9.42 Å². The highest BCUT2D eigenvalue weighted by Crippen LogP contribution is 2.24. The van der Waals surface area contributed by atoms with E-state index in [0.29, 0.717) is 43.6 Å². The van der Waals surface area contributed by atoms with E-state index in [1.165, 1.54) is 4.31 Å². The normalized spacial score (nSPS) is 16.9. The summed E-state index contributed by atoms with van der Waals surface area (Å²) in [5.41, 5.74) is 0.395. The molecule has 0 unspecified atom stereocenters. The second-order valence-corrected chi connectivity index (χ2v) is 6.97. The molecular formula is C13H17N5O3S. The van der Waals surface area contributed by atoms with E-state index in [-0.39, 0.29) is 4.90 Å². The second-order valence-electron chi connectivity index (χ2n) is 5.09. The minimum Gasteiger partial charge on any atom is -0.360 e. The van der Waals surface area contributed by atoms with Crippen molar-refractivity contribution in [1.82, 2.24) is 19.4 Å². The molecule has 1 fully saturated rings. The van der Waals surface area contributed by atoms with Crippen LogP contribution in [0.2, 0.25) is 0 Å². The van der Waals surface area contributed by atoms with Gasteiger partial charge in [-0.05, 0) is 19.9 Å². The van der Waals surface area contributed by atoms with Crippen molar-refractivity contribution in [2.45, 2.75) is 18.7 Å². The first-order valence-electron chi connectivity index (χ1n) is 6.95. The molecule has 118 valence electrons. The van der Waals surface area contributed by atoms with E-state index in [1.54, 1.807) is 32.3 Å². The van der Waals surface area contributed by atoms with Crippen molar-refractivity contribution in [3.63, 3.8) is 0 Å². The summed E-state index contributed by atoms with van der Waals surface area (Å²) in [4.78, 5) is 10.5. The van der Waals surface area contributed by atoms with Crippen LogP contribution in [-0.2, 0) is 10.0 Å². The fourth-order valence-electron chi connectivity index (χ4n) is 2.55. The fourth-order valence-corrected chi connectivity index (χ4v) is 4.27. The summed E-state index contributed by atoms with van der Waals surface area (Å²) < 4.78 is 31.9. The SMILES string of the molecule is Cc1noc(C)c1S(=O)(=O)N1CCN(c2ncccn2)CC1. The first-order chi connectivity index (χ1) is 10.5. The summed E-state index contributed by atoms with van der Waals surface area (Å²) in [6, 6.07) is 1.75. The van der Waals surface area contributed by atoms with Crippen molar-refractivity contribution in [2.75, 3.05) is 31.1 Å². The minimum absolute atomic E-state index is 0.178. The molecular weight excluding hydrogens is 306 g/mol. The van der Waals surface area contributed by atoms with Crippen LogP contribution in [0.4, 0.5) is 5.95 Å². The van der Waals surface area contributed by atoms with Gasteiger partial charge in [0.1, 0.15) is 10.6 Å². The van der Waals surface area contributed by atoms with E-state index in [9.17, 15) is 8.42 Å². The Labute approximate surface area is 128 Å². The molecule has 0 aliphatic carbocycles. The average Bonchev–Trinajstić information content (AvgIpc) is 2.88. The third-order valence-electron chi connectivity index (χ3n) is 3.64. The molecule has 0 atom stereocenters. The first-order valence-corrected chi connectivity index (χ1v) is 8.39. The maximum atomic E-state index is 12.7. The zero-order valence-corrected chi connectivity index (χ0v) is 13.2. The monoisotopic (exact) mass is 323 g/mol. The predicted octanol–water partition coefficient (Wildman–Crippen LogP) is 0.592. The molecule has 2 aromatic rings. The van der Waals surface area contributed by atoms with Crippen molar-refractivity contribution in [2.24, 2.45) is 0 Å². The molecule has 2 aromatic heterocycles. The molecule has 1 aliphatic rings. The van der Waals surface area contributed by atoms with Crippen LogP contribution in [0.1, 0.15) is 11.5 Å². The molecule has 1 saturated heterocycles. The number of aryl methyl sites for hydroxylation is 2. The first kappa shape index (κ1) is 14.9. The lowest BCUT2D eigenvalue weighted by atomic mass is 10.4.